The predicted molar refractivity (Wildman–Crippen MR) is 118 cm³/mol. The number of hydrogen-bond donors (Lipinski definition) is 1. The first-order chi connectivity index (χ1) is 15.3. The Morgan fingerprint density at radius 3 is 2.53 bits per heavy atom. The lowest BCUT2D eigenvalue weighted by Crippen LogP contribution is -2.29. The summed E-state index contributed by atoms with van der Waals surface area (Å²) in [7, 11) is 1.47. The average Bonchev–Trinajstić information content (AvgIpc) is 3.04. The predicted octanol–water partition coefficient (Wildman–Crippen LogP) is 4.47. The van der Waals surface area contributed by atoms with Gasteiger partial charge >= 0.3 is 0 Å². The van der Waals surface area contributed by atoms with E-state index in [1.54, 1.807) is 24.3 Å². The number of methoxy groups -OCH3 is 1. The first-order valence-corrected chi connectivity index (χ1v) is 9.96. The Bertz CT molecular complexity index is 1250. The van der Waals surface area contributed by atoms with Crippen LogP contribution in [0.15, 0.2) is 66.4 Å². The number of benzene rings is 2. The molecule has 6 nitrogen and oxygen atoms in total. The van der Waals surface area contributed by atoms with Gasteiger partial charge in [-0.15, -0.1) is 0 Å². The maximum atomic E-state index is 14.0. The van der Waals surface area contributed by atoms with Crippen LogP contribution in [0.1, 0.15) is 28.4 Å². The molecule has 1 amide bonds. The van der Waals surface area contributed by atoms with Crippen molar-refractivity contribution in [3.63, 3.8) is 0 Å². The SMILES string of the molecule is COc1c(C)cc(C)cc1/C(O)=C1\C(=O)C(=O)N(c2cccc(F)c2)C1c1ccccn1. The van der Waals surface area contributed by atoms with Gasteiger partial charge in [-0.3, -0.25) is 19.5 Å². The molecule has 0 bridgehead atoms. The summed E-state index contributed by atoms with van der Waals surface area (Å²) < 4.78 is 19.4. The van der Waals surface area contributed by atoms with Gasteiger partial charge in [-0.25, -0.2) is 4.39 Å². The highest BCUT2D eigenvalue weighted by Gasteiger charge is 2.48. The number of nitrogens with zero attached hydrogens (tertiary/aromatic N) is 2. The number of ketones is 1. The fourth-order valence-corrected chi connectivity index (χ4v) is 4.09. The smallest absolute Gasteiger partial charge is 0.300 e. The fraction of sp³-hybridized carbons (Fsp3) is 0.160. The molecule has 2 aromatic carbocycles. The molecule has 0 aliphatic carbocycles. The van der Waals surface area contributed by atoms with Crippen molar-refractivity contribution >= 4 is 23.1 Å². The average molecular weight is 432 g/mol. The molecule has 1 aliphatic rings. The van der Waals surface area contributed by atoms with Crippen molar-refractivity contribution in [1.82, 2.24) is 4.98 Å². The van der Waals surface area contributed by atoms with Gasteiger partial charge in [0, 0.05) is 11.9 Å². The van der Waals surface area contributed by atoms with Crippen LogP contribution in [-0.4, -0.2) is 28.9 Å². The lowest BCUT2D eigenvalue weighted by Gasteiger charge is -2.24. The molecule has 32 heavy (non-hydrogen) atoms. The molecule has 4 rings (SSSR count). The molecule has 0 radical (unpaired) electrons. The van der Waals surface area contributed by atoms with Gasteiger partial charge in [0.25, 0.3) is 11.7 Å². The van der Waals surface area contributed by atoms with E-state index in [0.29, 0.717) is 17.0 Å². The molecule has 3 aromatic rings. The number of aliphatic hydroxyl groups excluding tert-OH is 1. The van der Waals surface area contributed by atoms with E-state index >= 15 is 0 Å². The topological polar surface area (TPSA) is 79.7 Å². The number of aryl methyl sites for hydroxylation is 2. The Hall–Kier alpha value is -4.00. The Labute approximate surface area is 184 Å². The number of Topliss-reactive ketones (excluding diaryl/α,β-unsaturated/α-hetero) is 1. The van der Waals surface area contributed by atoms with E-state index in [4.69, 9.17) is 4.74 Å². The molecule has 2 heterocycles. The van der Waals surface area contributed by atoms with Crippen LogP contribution in [0.25, 0.3) is 5.76 Å². The lowest BCUT2D eigenvalue weighted by atomic mass is 9.95. The van der Waals surface area contributed by atoms with E-state index in [1.807, 2.05) is 19.9 Å². The zero-order valence-corrected chi connectivity index (χ0v) is 17.8. The van der Waals surface area contributed by atoms with Crippen molar-refractivity contribution in [3.8, 4) is 5.75 Å². The molecule has 1 fully saturated rings. The van der Waals surface area contributed by atoms with Crippen LogP contribution in [0.4, 0.5) is 10.1 Å². The number of hydrogen-bond acceptors (Lipinski definition) is 5. The number of amides is 1. The van der Waals surface area contributed by atoms with Crippen molar-refractivity contribution < 1.29 is 23.8 Å². The van der Waals surface area contributed by atoms with Crippen LogP contribution in [0.2, 0.25) is 0 Å². The van der Waals surface area contributed by atoms with E-state index < -0.39 is 23.5 Å². The number of carbonyl (C=O) groups is 2. The number of aliphatic hydroxyl groups is 1. The minimum atomic E-state index is -1.04. The highest BCUT2D eigenvalue weighted by atomic mass is 19.1. The summed E-state index contributed by atoms with van der Waals surface area (Å²) in [5, 5.41) is 11.3. The third-order valence-electron chi connectivity index (χ3n) is 5.38. The summed E-state index contributed by atoms with van der Waals surface area (Å²) in [6.45, 7) is 3.68. The Kier molecular flexibility index (Phi) is 5.48. The summed E-state index contributed by atoms with van der Waals surface area (Å²) in [6, 6.07) is 13.0. The monoisotopic (exact) mass is 432 g/mol. The van der Waals surface area contributed by atoms with E-state index in [1.165, 1.54) is 37.6 Å². The van der Waals surface area contributed by atoms with Crippen LogP contribution in [0, 0.1) is 19.7 Å². The normalized spacial score (nSPS) is 17.6. The van der Waals surface area contributed by atoms with Crippen molar-refractivity contribution in [2.24, 2.45) is 0 Å². The second-order valence-corrected chi connectivity index (χ2v) is 7.57. The van der Waals surface area contributed by atoms with Crippen molar-refractivity contribution in [3.05, 3.63) is 94.6 Å². The van der Waals surface area contributed by atoms with Crippen LogP contribution in [-0.2, 0) is 9.59 Å². The van der Waals surface area contributed by atoms with Gasteiger partial charge in [0.1, 0.15) is 23.4 Å². The second-order valence-electron chi connectivity index (χ2n) is 7.57. The molecule has 1 unspecified atom stereocenters. The molecular formula is C25H21FN2O4. The molecule has 162 valence electrons. The molecule has 7 heteroatoms. The summed E-state index contributed by atoms with van der Waals surface area (Å²) in [6.07, 6.45) is 1.53. The van der Waals surface area contributed by atoms with Gasteiger partial charge < -0.3 is 9.84 Å². The maximum absolute atomic E-state index is 14.0. The van der Waals surface area contributed by atoms with Crippen LogP contribution in [0.5, 0.6) is 5.75 Å². The van der Waals surface area contributed by atoms with Gasteiger partial charge in [0.05, 0.1) is 23.9 Å². The van der Waals surface area contributed by atoms with Crippen LogP contribution < -0.4 is 9.64 Å². The van der Waals surface area contributed by atoms with Gasteiger partial charge in [-0.05, 0) is 61.4 Å². The zero-order valence-electron chi connectivity index (χ0n) is 17.8. The third kappa shape index (κ3) is 3.51. The number of aromatic nitrogens is 1. The van der Waals surface area contributed by atoms with Gasteiger partial charge in [0.15, 0.2) is 0 Å². The van der Waals surface area contributed by atoms with Gasteiger partial charge in [-0.2, -0.15) is 0 Å². The number of ether oxygens (including phenoxy) is 1. The first kappa shape index (κ1) is 21.2. The summed E-state index contributed by atoms with van der Waals surface area (Å²) in [4.78, 5) is 31.7. The summed E-state index contributed by atoms with van der Waals surface area (Å²) in [5.74, 6) is -2.30. The molecule has 1 aromatic heterocycles. The maximum Gasteiger partial charge on any atom is 0.300 e. The molecule has 0 saturated carbocycles. The number of carbonyl (C=O) groups excluding carboxylic acids is 2. The van der Waals surface area contributed by atoms with Crippen molar-refractivity contribution in [1.29, 1.82) is 0 Å². The van der Waals surface area contributed by atoms with E-state index in [2.05, 4.69) is 4.98 Å². The molecular weight excluding hydrogens is 411 g/mol. The highest BCUT2D eigenvalue weighted by Crippen LogP contribution is 2.43. The lowest BCUT2D eigenvalue weighted by molar-refractivity contribution is -0.132. The second kappa shape index (κ2) is 8.26. The van der Waals surface area contributed by atoms with E-state index in [-0.39, 0.29) is 17.0 Å². The first-order valence-electron chi connectivity index (χ1n) is 9.96. The molecule has 1 N–H and O–H groups in total. The Morgan fingerprint density at radius 1 is 1.09 bits per heavy atom. The third-order valence-corrected chi connectivity index (χ3v) is 5.38. The quantitative estimate of drug-likeness (QED) is 0.374. The van der Waals surface area contributed by atoms with Gasteiger partial charge in [0.2, 0.25) is 0 Å². The Morgan fingerprint density at radius 2 is 1.88 bits per heavy atom. The molecule has 0 spiro atoms. The standard InChI is InChI=1S/C25H21FN2O4/c1-14-11-15(2)24(32-3)18(12-14)22(29)20-21(19-9-4-5-10-27-19)28(25(31)23(20)30)17-8-6-7-16(26)13-17/h4-13,21,29H,1-3H3/b22-20+. The Balaban J connectivity index is 2.01. The number of halogens is 1. The fourth-order valence-electron chi connectivity index (χ4n) is 4.09. The number of pyridine rings is 1. The van der Waals surface area contributed by atoms with E-state index in [9.17, 15) is 19.1 Å². The van der Waals surface area contributed by atoms with Gasteiger partial charge in [-0.1, -0.05) is 18.2 Å². The number of rotatable bonds is 4. The highest BCUT2D eigenvalue weighted by molar-refractivity contribution is 6.51. The largest absolute Gasteiger partial charge is 0.507 e. The summed E-state index contributed by atoms with van der Waals surface area (Å²) in [5.41, 5.74) is 2.32. The van der Waals surface area contributed by atoms with Crippen molar-refractivity contribution in [2.45, 2.75) is 19.9 Å². The minimum Gasteiger partial charge on any atom is -0.507 e. The van der Waals surface area contributed by atoms with Crippen LogP contribution in [0.3, 0.4) is 0 Å². The van der Waals surface area contributed by atoms with Crippen LogP contribution >= 0.6 is 0 Å². The van der Waals surface area contributed by atoms with E-state index in [0.717, 1.165) is 16.0 Å². The number of anilines is 1. The molecule has 1 atom stereocenters. The summed E-state index contributed by atoms with van der Waals surface area (Å²) >= 11 is 0. The minimum absolute atomic E-state index is 0.138. The zero-order chi connectivity index (χ0) is 23.0. The molecule has 1 aliphatic heterocycles. The molecule has 1 saturated heterocycles. The van der Waals surface area contributed by atoms with Crippen molar-refractivity contribution in [2.75, 3.05) is 12.0 Å².